The van der Waals surface area contributed by atoms with Crippen molar-refractivity contribution in [3.8, 4) is 5.75 Å². The first-order chi connectivity index (χ1) is 10.3. The Bertz CT molecular complexity index is 698. The fraction of sp³-hybridized carbons (Fsp3) is 0.133. The number of amides is 1. The molecule has 2 rings (SSSR count). The number of carbonyl (C=O) groups is 1. The van der Waals surface area contributed by atoms with E-state index in [2.05, 4.69) is 0 Å². The second-order valence-corrected chi connectivity index (χ2v) is 4.53. The zero-order chi connectivity index (χ0) is 16.3. The zero-order valence-electron chi connectivity index (χ0n) is 11.2. The number of halogens is 4. The highest BCUT2D eigenvalue weighted by molar-refractivity contribution is 5.93. The van der Waals surface area contributed by atoms with Crippen molar-refractivity contribution in [2.24, 2.45) is 5.73 Å². The summed E-state index contributed by atoms with van der Waals surface area (Å²) in [7, 11) is 0. The number of benzene rings is 2. The van der Waals surface area contributed by atoms with Crippen LogP contribution in [0.2, 0.25) is 0 Å². The van der Waals surface area contributed by atoms with Crippen molar-refractivity contribution in [2.75, 3.05) is 0 Å². The molecule has 116 valence electrons. The van der Waals surface area contributed by atoms with Crippen molar-refractivity contribution < 1.29 is 27.1 Å². The highest BCUT2D eigenvalue weighted by atomic mass is 19.4. The smallest absolute Gasteiger partial charge is 0.416 e. The van der Waals surface area contributed by atoms with Gasteiger partial charge in [0.2, 0.25) is 5.91 Å². The third-order valence-electron chi connectivity index (χ3n) is 2.81. The van der Waals surface area contributed by atoms with Crippen LogP contribution in [0.4, 0.5) is 17.6 Å². The molecular weight excluding hydrogens is 302 g/mol. The molecule has 2 aromatic rings. The summed E-state index contributed by atoms with van der Waals surface area (Å²) in [5.74, 6) is -1.41. The van der Waals surface area contributed by atoms with E-state index in [-0.39, 0.29) is 23.5 Å². The van der Waals surface area contributed by atoms with Crippen LogP contribution in [-0.2, 0) is 12.8 Å². The molecule has 0 aliphatic carbocycles. The van der Waals surface area contributed by atoms with Gasteiger partial charge >= 0.3 is 6.18 Å². The van der Waals surface area contributed by atoms with Crippen molar-refractivity contribution in [2.45, 2.75) is 12.8 Å². The minimum absolute atomic E-state index is 0.0248. The Balaban J connectivity index is 2.16. The Morgan fingerprint density at radius 3 is 2.50 bits per heavy atom. The van der Waals surface area contributed by atoms with Crippen LogP contribution in [-0.4, -0.2) is 5.91 Å². The second kappa shape index (κ2) is 6.05. The number of carbonyl (C=O) groups excluding carboxylic acids is 1. The van der Waals surface area contributed by atoms with E-state index < -0.39 is 23.5 Å². The van der Waals surface area contributed by atoms with Gasteiger partial charge in [-0.05, 0) is 42.0 Å². The van der Waals surface area contributed by atoms with E-state index in [1.165, 1.54) is 24.3 Å². The van der Waals surface area contributed by atoms with Gasteiger partial charge in [-0.3, -0.25) is 4.79 Å². The maximum absolute atomic E-state index is 13.2. The standard InChI is InChI=1S/C15H11F4NO2/c16-12-5-9(4-11(7-12)15(17,18)19)8-22-13-3-1-2-10(6-13)14(20)21/h1-7H,8H2,(H2,20,21). The van der Waals surface area contributed by atoms with Crippen LogP contribution in [0.25, 0.3) is 0 Å². The maximum Gasteiger partial charge on any atom is 0.416 e. The number of hydrogen-bond donors (Lipinski definition) is 1. The minimum atomic E-state index is -4.64. The third-order valence-corrected chi connectivity index (χ3v) is 2.81. The Kier molecular flexibility index (Phi) is 4.35. The topological polar surface area (TPSA) is 52.3 Å². The van der Waals surface area contributed by atoms with Crippen molar-refractivity contribution in [3.63, 3.8) is 0 Å². The summed E-state index contributed by atoms with van der Waals surface area (Å²) in [5.41, 5.74) is 4.25. The Labute approximate surface area is 123 Å². The average Bonchev–Trinajstić information content (AvgIpc) is 2.44. The minimum Gasteiger partial charge on any atom is -0.489 e. The monoisotopic (exact) mass is 313 g/mol. The molecule has 0 saturated carbocycles. The van der Waals surface area contributed by atoms with Crippen molar-refractivity contribution in [1.29, 1.82) is 0 Å². The summed E-state index contributed by atoms with van der Waals surface area (Å²) in [6.45, 7) is -0.275. The normalized spacial score (nSPS) is 11.3. The molecule has 0 bridgehead atoms. The summed E-state index contributed by atoms with van der Waals surface area (Å²) in [5, 5.41) is 0. The SMILES string of the molecule is NC(=O)c1cccc(OCc2cc(F)cc(C(F)(F)F)c2)c1. The molecule has 0 fully saturated rings. The van der Waals surface area contributed by atoms with Gasteiger partial charge in [0.05, 0.1) is 5.56 Å². The lowest BCUT2D eigenvalue weighted by Crippen LogP contribution is -2.11. The van der Waals surface area contributed by atoms with Gasteiger partial charge in [0.1, 0.15) is 18.2 Å². The molecule has 22 heavy (non-hydrogen) atoms. The van der Waals surface area contributed by atoms with Gasteiger partial charge in [0.25, 0.3) is 0 Å². The molecule has 0 atom stereocenters. The van der Waals surface area contributed by atoms with Gasteiger partial charge in [-0.15, -0.1) is 0 Å². The Morgan fingerprint density at radius 2 is 1.86 bits per heavy atom. The Hall–Kier alpha value is -2.57. The van der Waals surface area contributed by atoms with Crippen LogP contribution < -0.4 is 10.5 Å². The second-order valence-electron chi connectivity index (χ2n) is 4.53. The zero-order valence-corrected chi connectivity index (χ0v) is 11.2. The lowest BCUT2D eigenvalue weighted by molar-refractivity contribution is -0.137. The molecule has 0 aliphatic heterocycles. The fourth-order valence-electron chi connectivity index (χ4n) is 1.80. The van der Waals surface area contributed by atoms with Crippen LogP contribution in [0.15, 0.2) is 42.5 Å². The molecule has 0 aromatic heterocycles. The van der Waals surface area contributed by atoms with Crippen molar-refractivity contribution >= 4 is 5.91 Å². The lowest BCUT2D eigenvalue weighted by atomic mass is 10.1. The molecule has 1 amide bonds. The average molecular weight is 313 g/mol. The van der Waals surface area contributed by atoms with Crippen LogP contribution in [0.5, 0.6) is 5.75 Å². The first-order valence-corrected chi connectivity index (χ1v) is 6.15. The number of hydrogen-bond acceptors (Lipinski definition) is 2. The van der Waals surface area contributed by atoms with E-state index in [1.54, 1.807) is 0 Å². The summed E-state index contributed by atoms with van der Waals surface area (Å²) in [6, 6.07) is 8.02. The summed E-state index contributed by atoms with van der Waals surface area (Å²) >= 11 is 0. The van der Waals surface area contributed by atoms with Gasteiger partial charge < -0.3 is 10.5 Å². The van der Waals surface area contributed by atoms with E-state index in [4.69, 9.17) is 10.5 Å². The van der Waals surface area contributed by atoms with Gasteiger partial charge in [-0.25, -0.2) is 4.39 Å². The first-order valence-electron chi connectivity index (χ1n) is 6.15. The van der Waals surface area contributed by atoms with Crippen LogP contribution in [0.3, 0.4) is 0 Å². The molecule has 7 heteroatoms. The summed E-state index contributed by atoms with van der Waals surface area (Å²) in [4.78, 5) is 11.0. The van der Waals surface area contributed by atoms with Crippen LogP contribution in [0.1, 0.15) is 21.5 Å². The van der Waals surface area contributed by atoms with Gasteiger partial charge in [-0.1, -0.05) is 6.07 Å². The molecule has 3 nitrogen and oxygen atoms in total. The largest absolute Gasteiger partial charge is 0.489 e. The summed E-state index contributed by atoms with van der Waals surface area (Å²) in [6.07, 6.45) is -4.64. The Morgan fingerprint density at radius 1 is 1.14 bits per heavy atom. The quantitative estimate of drug-likeness (QED) is 0.878. The number of primary amides is 1. The summed E-state index contributed by atoms with van der Waals surface area (Å²) < 4.78 is 56.3. The predicted molar refractivity (Wildman–Crippen MR) is 70.7 cm³/mol. The molecule has 2 N–H and O–H groups in total. The third kappa shape index (κ3) is 3.97. The van der Waals surface area contributed by atoms with Gasteiger partial charge in [-0.2, -0.15) is 13.2 Å². The van der Waals surface area contributed by atoms with Crippen molar-refractivity contribution in [1.82, 2.24) is 0 Å². The predicted octanol–water partition coefficient (Wildman–Crippen LogP) is 3.52. The van der Waals surface area contributed by atoms with Crippen molar-refractivity contribution in [3.05, 3.63) is 65.0 Å². The molecule has 0 spiro atoms. The van der Waals surface area contributed by atoms with E-state index in [1.807, 2.05) is 0 Å². The first kappa shape index (κ1) is 15.8. The van der Waals surface area contributed by atoms with E-state index in [0.717, 1.165) is 12.1 Å². The van der Waals surface area contributed by atoms with E-state index in [9.17, 15) is 22.4 Å². The van der Waals surface area contributed by atoms with Gasteiger partial charge in [0.15, 0.2) is 0 Å². The molecule has 0 unspecified atom stereocenters. The highest BCUT2D eigenvalue weighted by Gasteiger charge is 2.31. The van der Waals surface area contributed by atoms with E-state index in [0.29, 0.717) is 6.07 Å². The number of rotatable bonds is 4. The molecule has 0 aliphatic rings. The molecular formula is C15H11F4NO2. The molecule has 0 heterocycles. The number of nitrogens with two attached hydrogens (primary N) is 1. The number of ether oxygens (including phenoxy) is 1. The van der Waals surface area contributed by atoms with Crippen LogP contribution >= 0.6 is 0 Å². The molecule has 0 saturated heterocycles. The molecule has 0 radical (unpaired) electrons. The van der Waals surface area contributed by atoms with Gasteiger partial charge in [0, 0.05) is 5.56 Å². The molecule has 2 aromatic carbocycles. The fourth-order valence-corrected chi connectivity index (χ4v) is 1.80. The van der Waals surface area contributed by atoms with E-state index >= 15 is 0 Å². The number of alkyl halides is 3. The highest BCUT2D eigenvalue weighted by Crippen LogP contribution is 2.30. The maximum atomic E-state index is 13.2. The lowest BCUT2D eigenvalue weighted by Gasteiger charge is -2.11. The van der Waals surface area contributed by atoms with Crippen LogP contribution in [0, 0.1) is 5.82 Å².